The van der Waals surface area contributed by atoms with Crippen LogP contribution >= 0.6 is 11.6 Å². The van der Waals surface area contributed by atoms with E-state index in [-0.39, 0.29) is 10.7 Å². The fraction of sp³-hybridized carbons (Fsp3) is 0. The first kappa shape index (κ1) is 9.67. The number of hydrogen-bond acceptors (Lipinski definition) is 3. The number of nitro benzene ring substituents is 1. The van der Waals surface area contributed by atoms with Gasteiger partial charge < -0.3 is 0 Å². The van der Waals surface area contributed by atoms with Gasteiger partial charge in [0.1, 0.15) is 5.02 Å². The van der Waals surface area contributed by atoms with Crippen LogP contribution in [0.4, 0.5) is 5.69 Å². The number of nitrogens with zero attached hydrogens (tertiary/aromatic N) is 2. The maximum absolute atomic E-state index is 10.6. The summed E-state index contributed by atoms with van der Waals surface area (Å²) in [5.41, 5.74) is 1.39. The molecule has 1 heterocycles. The van der Waals surface area contributed by atoms with Crippen LogP contribution in [0.25, 0.3) is 11.1 Å². The lowest BCUT2D eigenvalue weighted by Gasteiger charge is -1.98. The average Bonchev–Trinajstić information content (AvgIpc) is 2.71. The van der Waals surface area contributed by atoms with E-state index in [2.05, 4.69) is 10.2 Å². The number of H-pyrrole nitrogens is 1. The summed E-state index contributed by atoms with van der Waals surface area (Å²) in [4.78, 5) is 10.1. The molecule has 1 N–H and O–H groups in total. The van der Waals surface area contributed by atoms with E-state index in [1.807, 2.05) is 0 Å². The molecule has 0 atom stereocenters. The van der Waals surface area contributed by atoms with Crippen LogP contribution in [0.3, 0.4) is 0 Å². The fourth-order valence-electron chi connectivity index (χ4n) is 1.24. The molecule has 2 rings (SSSR count). The predicted octanol–water partition coefficient (Wildman–Crippen LogP) is 2.64. The van der Waals surface area contributed by atoms with Gasteiger partial charge in [-0.15, -0.1) is 0 Å². The maximum atomic E-state index is 10.6. The van der Waals surface area contributed by atoms with E-state index in [4.69, 9.17) is 11.6 Å². The molecule has 5 nitrogen and oxygen atoms in total. The van der Waals surface area contributed by atoms with Gasteiger partial charge in [0.15, 0.2) is 0 Å². The zero-order valence-electron chi connectivity index (χ0n) is 7.48. The molecule has 0 unspecified atom stereocenters. The SMILES string of the molecule is O=[N+]([O-])c1cc(-c2cn[nH]c2)ccc1Cl. The second-order valence-electron chi connectivity index (χ2n) is 2.91. The van der Waals surface area contributed by atoms with Gasteiger partial charge in [0, 0.05) is 17.8 Å². The predicted molar refractivity (Wildman–Crippen MR) is 55.7 cm³/mol. The molecule has 0 saturated carbocycles. The first-order valence-corrected chi connectivity index (χ1v) is 4.49. The number of hydrogen-bond donors (Lipinski definition) is 1. The molecule has 0 bridgehead atoms. The first-order chi connectivity index (χ1) is 7.18. The molecule has 0 fully saturated rings. The second-order valence-corrected chi connectivity index (χ2v) is 3.32. The van der Waals surface area contributed by atoms with Crippen molar-refractivity contribution in [3.05, 3.63) is 45.7 Å². The van der Waals surface area contributed by atoms with Crippen LogP contribution in [0, 0.1) is 10.1 Å². The summed E-state index contributed by atoms with van der Waals surface area (Å²) < 4.78 is 0. The Morgan fingerprint density at radius 3 is 2.80 bits per heavy atom. The summed E-state index contributed by atoms with van der Waals surface area (Å²) in [6.45, 7) is 0. The Bertz CT molecular complexity index is 496. The Balaban J connectivity index is 2.52. The summed E-state index contributed by atoms with van der Waals surface area (Å²) in [6.07, 6.45) is 3.25. The molecular weight excluding hydrogens is 218 g/mol. The van der Waals surface area contributed by atoms with Gasteiger partial charge in [-0.1, -0.05) is 17.7 Å². The largest absolute Gasteiger partial charge is 0.288 e. The molecule has 6 heteroatoms. The van der Waals surface area contributed by atoms with Gasteiger partial charge in [-0.2, -0.15) is 5.10 Å². The molecule has 1 aromatic heterocycles. The molecule has 0 aliphatic carbocycles. The van der Waals surface area contributed by atoms with Crippen molar-refractivity contribution in [2.24, 2.45) is 0 Å². The monoisotopic (exact) mass is 223 g/mol. The highest BCUT2D eigenvalue weighted by atomic mass is 35.5. The van der Waals surface area contributed by atoms with Crippen LogP contribution in [-0.2, 0) is 0 Å². The van der Waals surface area contributed by atoms with Crippen molar-refractivity contribution in [2.75, 3.05) is 0 Å². The zero-order valence-corrected chi connectivity index (χ0v) is 8.23. The van der Waals surface area contributed by atoms with E-state index in [1.54, 1.807) is 18.5 Å². The third kappa shape index (κ3) is 1.82. The number of halogens is 1. The van der Waals surface area contributed by atoms with Crippen LogP contribution in [0.5, 0.6) is 0 Å². The quantitative estimate of drug-likeness (QED) is 0.628. The lowest BCUT2D eigenvalue weighted by atomic mass is 10.1. The highest BCUT2D eigenvalue weighted by Crippen LogP contribution is 2.29. The summed E-state index contributed by atoms with van der Waals surface area (Å²) in [5, 5.41) is 17.2. The summed E-state index contributed by atoms with van der Waals surface area (Å²) in [5.74, 6) is 0. The standard InChI is InChI=1S/C9H6ClN3O2/c10-8-2-1-6(3-9(8)13(14)15)7-4-11-12-5-7/h1-5H,(H,11,12). The van der Waals surface area contributed by atoms with Crippen molar-refractivity contribution >= 4 is 17.3 Å². The van der Waals surface area contributed by atoms with Gasteiger partial charge in [0.25, 0.3) is 5.69 Å². The third-order valence-electron chi connectivity index (χ3n) is 1.97. The highest BCUT2D eigenvalue weighted by molar-refractivity contribution is 6.32. The van der Waals surface area contributed by atoms with E-state index in [1.165, 1.54) is 12.1 Å². The molecule has 0 radical (unpaired) electrons. The van der Waals surface area contributed by atoms with Gasteiger partial charge in [-0.05, 0) is 11.6 Å². The van der Waals surface area contributed by atoms with Crippen LogP contribution in [0.2, 0.25) is 5.02 Å². The minimum Gasteiger partial charge on any atom is -0.285 e. The van der Waals surface area contributed by atoms with Crippen LogP contribution in [0.1, 0.15) is 0 Å². The van der Waals surface area contributed by atoms with Gasteiger partial charge in [0.2, 0.25) is 0 Å². The van der Waals surface area contributed by atoms with Crippen molar-refractivity contribution in [3.63, 3.8) is 0 Å². The second kappa shape index (κ2) is 3.70. The number of aromatic nitrogens is 2. The van der Waals surface area contributed by atoms with Gasteiger partial charge in [-0.25, -0.2) is 0 Å². The van der Waals surface area contributed by atoms with Gasteiger partial charge in [0.05, 0.1) is 11.1 Å². The zero-order chi connectivity index (χ0) is 10.8. The topological polar surface area (TPSA) is 71.8 Å². The molecular formula is C9H6ClN3O2. The van der Waals surface area contributed by atoms with Crippen molar-refractivity contribution in [1.29, 1.82) is 0 Å². The summed E-state index contributed by atoms with van der Waals surface area (Å²) in [6, 6.07) is 4.63. The van der Waals surface area contributed by atoms with Crippen molar-refractivity contribution in [2.45, 2.75) is 0 Å². The highest BCUT2D eigenvalue weighted by Gasteiger charge is 2.13. The van der Waals surface area contributed by atoms with E-state index in [0.717, 1.165) is 5.56 Å². The molecule has 0 aliphatic heterocycles. The Morgan fingerprint density at radius 1 is 1.40 bits per heavy atom. The van der Waals surface area contributed by atoms with Crippen LogP contribution < -0.4 is 0 Å². The lowest BCUT2D eigenvalue weighted by Crippen LogP contribution is -1.89. The Kier molecular flexibility index (Phi) is 2.39. The van der Waals surface area contributed by atoms with Gasteiger partial charge >= 0.3 is 0 Å². The van der Waals surface area contributed by atoms with E-state index < -0.39 is 4.92 Å². The smallest absolute Gasteiger partial charge is 0.285 e. The molecule has 0 saturated heterocycles. The molecule has 0 aliphatic rings. The molecule has 1 aromatic carbocycles. The first-order valence-electron chi connectivity index (χ1n) is 4.11. The third-order valence-corrected chi connectivity index (χ3v) is 2.29. The Hall–Kier alpha value is -1.88. The molecule has 0 spiro atoms. The van der Waals surface area contributed by atoms with E-state index in [9.17, 15) is 10.1 Å². The average molecular weight is 224 g/mol. The van der Waals surface area contributed by atoms with Crippen molar-refractivity contribution in [1.82, 2.24) is 10.2 Å². The lowest BCUT2D eigenvalue weighted by molar-refractivity contribution is -0.384. The number of nitro groups is 1. The number of nitrogens with one attached hydrogen (secondary N) is 1. The fourth-order valence-corrected chi connectivity index (χ4v) is 1.43. The van der Waals surface area contributed by atoms with Gasteiger partial charge in [-0.3, -0.25) is 15.2 Å². The van der Waals surface area contributed by atoms with Crippen LogP contribution in [0.15, 0.2) is 30.6 Å². The number of rotatable bonds is 2. The molecule has 2 aromatic rings. The Labute approximate surface area is 89.8 Å². The number of benzene rings is 1. The molecule has 15 heavy (non-hydrogen) atoms. The summed E-state index contributed by atoms with van der Waals surface area (Å²) >= 11 is 5.69. The maximum Gasteiger partial charge on any atom is 0.288 e. The van der Waals surface area contributed by atoms with Crippen molar-refractivity contribution in [3.8, 4) is 11.1 Å². The minimum atomic E-state index is -0.508. The van der Waals surface area contributed by atoms with E-state index in [0.29, 0.717) is 5.56 Å². The van der Waals surface area contributed by atoms with Crippen molar-refractivity contribution < 1.29 is 4.92 Å². The van der Waals surface area contributed by atoms with Crippen LogP contribution in [-0.4, -0.2) is 15.1 Å². The normalized spacial score (nSPS) is 10.2. The summed E-state index contributed by atoms with van der Waals surface area (Å²) in [7, 11) is 0. The minimum absolute atomic E-state index is 0.102. The van der Waals surface area contributed by atoms with E-state index >= 15 is 0 Å². The Morgan fingerprint density at radius 2 is 2.20 bits per heavy atom. The number of aromatic amines is 1. The molecule has 76 valence electrons. The molecule has 0 amide bonds.